The smallest absolute Gasteiger partial charge is 0.410 e. The van der Waals surface area contributed by atoms with Gasteiger partial charge in [0.2, 0.25) is 11.8 Å². The number of hydrogen-bond acceptors (Lipinski definition) is 8. The van der Waals surface area contributed by atoms with Crippen LogP contribution in [0.3, 0.4) is 0 Å². The van der Waals surface area contributed by atoms with Gasteiger partial charge in [-0.2, -0.15) is 0 Å². The van der Waals surface area contributed by atoms with Crippen molar-refractivity contribution in [2.45, 2.75) is 77.9 Å². The lowest BCUT2D eigenvalue weighted by Gasteiger charge is -2.34. The van der Waals surface area contributed by atoms with Crippen molar-refractivity contribution in [3.05, 3.63) is 42.4 Å². The van der Waals surface area contributed by atoms with Crippen LogP contribution in [0.4, 0.5) is 4.79 Å². The molecule has 1 aromatic carbocycles. The lowest BCUT2D eigenvalue weighted by molar-refractivity contribution is -0.124. The highest BCUT2D eigenvalue weighted by atomic mass is 16.6. The number of benzene rings is 1. The van der Waals surface area contributed by atoms with Gasteiger partial charge in [0.25, 0.3) is 0 Å². The van der Waals surface area contributed by atoms with Gasteiger partial charge in [-0.3, -0.25) is 9.59 Å². The van der Waals surface area contributed by atoms with Crippen LogP contribution >= 0.6 is 0 Å². The SMILES string of the molecule is CCC(=O)CCCOCC(NC(=O)[C@H]1CC12CCN(C(=O)OC(C)(C)C)CC2)c1ncc(-c2cc3ccccc3nc2OC)[nH]1. The van der Waals surface area contributed by atoms with E-state index in [-0.39, 0.29) is 35.7 Å². The average Bonchev–Trinajstić information content (AvgIpc) is 3.48. The lowest BCUT2D eigenvalue weighted by atomic mass is 9.90. The molecule has 1 unspecified atom stereocenters. The second kappa shape index (κ2) is 13.6. The molecular formula is C34H45N5O6. The minimum Gasteiger partial charge on any atom is -0.480 e. The predicted octanol–water partition coefficient (Wildman–Crippen LogP) is 5.60. The average molecular weight is 620 g/mol. The number of nitrogens with zero attached hydrogens (tertiary/aromatic N) is 3. The van der Waals surface area contributed by atoms with E-state index in [0.29, 0.717) is 56.4 Å². The summed E-state index contributed by atoms with van der Waals surface area (Å²) in [6.45, 7) is 9.20. The molecule has 45 heavy (non-hydrogen) atoms. The van der Waals surface area contributed by atoms with Gasteiger partial charge in [0.15, 0.2) is 0 Å². The summed E-state index contributed by atoms with van der Waals surface area (Å²) in [7, 11) is 1.58. The predicted molar refractivity (Wildman–Crippen MR) is 170 cm³/mol. The maximum Gasteiger partial charge on any atom is 0.410 e. The van der Waals surface area contributed by atoms with Crippen molar-refractivity contribution in [2.24, 2.45) is 11.3 Å². The highest BCUT2D eigenvalue weighted by Crippen LogP contribution is 2.59. The highest BCUT2D eigenvalue weighted by Gasteiger charge is 2.59. The fourth-order valence-corrected chi connectivity index (χ4v) is 6.04. The van der Waals surface area contributed by atoms with Gasteiger partial charge < -0.3 is 29.4 Å². The number of methoxy groups -OCH3 is 1. The first kappa shape index (κ1) is 32.4. The van der Waals surface area contributed by atoms with Crippen LogP contribution < -0.4 is 10.1 Å². The third-order valence-corrected chi connectivity index (χ3v) is 8.75. The van der Waals surface area contributed by atoms with Crippen molar-refractivity contribution in [2.75, 3.05) is 33.4 Å². The summed E-state index contributed by atoms with van der Waals surface area (Å²) in [5, 5.41) is 4.16. The third-order valence-electron chi connectivity index (χ3n) is 8.75. The molecule has 5 rings (SSSR count). The molecular weight excluding hydrogens is 574 g/mol. The standard InChI is InChI=1S/C34H45N5O6/c1-6-23(40)11-9-17-44-21-28(29-35-20-27(36-29)24-18-22-10-7-8-12-26(22)38-31(24)43-5)37-30(41)25-19-34(25)13-15-39(16-14-34)32(42)45-33(2,3)4/h7-8,10,12,18,20,25,28H,6,9,11,13-17,19,21H2,1-5H3,(H,35,36)(H,37,41)/t25-,28?/m1/s1. The number of ketones is 1. The summed E-state index contributed by atoms with van der Waals surface area (Å²) in [5.41, 5.74) is 1.65. The van der Waals surface area contributed by atoms with E-state index in [1.807, 2.05) is 58.0 Å². The van der Waals surface area contributed by atoms with Crippen LogP contribution in [0, 0.1) is 11.3 Å². The monoisotopic (exact) mass is 619 g/mol. The Balaban J connectivity index is 1.27. The first-order chi connectivity index (χ1) is 21.5. The Bertz CT molecular complexity index is 1520. The minimum absolute atomic E-state index is 0.0432. The molecule has 2 atom stereocenters. The van der Waals surface area contributed by atoms with Crippen LogP contribution in [-0.2, 0) is 19.1 Å². The number of ether oxygens (including phenoxy) is 3. The van der Waals surface area contributed by atoms with E-state index in [4.69, 9.17) is 14.2 Å². The topological polar surface area (TPSA) is 136 Å². The molecule has 3 aromatic rings. The van der Waals surface area contributed by atoms with Crippen molar-refractivity contribution in [3.63, 3.8) is 0 Å². The number of amides is 2. The van der Waals surface area contributed by atoms with Crippen LogP contribution in [0.5, 0.6) is 5.88 Å². The Labute approximate surface area is 264 Å². The van der Waals surface area contributed by atoms with Crippen LogP contribution in [0.2, 0.25) is 0 Å². The van der Waals surface area contributed by atoms with Gasteiger partial charge in [-0.15, -0.1) is 0 Å². The number of hydrogen-bond donors (Lipinski definition) is 2. The first-order valence-electron chi connectivity index (χ1n) is 15.9. The Kier molecular flexibility index (Phi) is 9.76. The van der Waals surface area contributed by atoms with Crippen LogP contribution in [0.1, 0.15) is 78.1 Å². The first-order valence-corrected chi connectivity index (χ1v) is 15.9. The van der Waals surface area contributed by atoms with Gasteiger partial charge in [-0.25, -0.2) is 14.8 Å². The number of piperidine rings is 1. The normalized spacial score (nSPS) is 18.1. The quantitative estimate of drug-likeness (QED) is 0.250. The van der Waals surface area contributed by atoms with Gasteiger partial charge in [0.05, 0.1) is 36.7 Å². The molecule has 242 valence electrons. The third kappa shape index (κ3) is 7.81. The fourth-order valence-electron chi connectivity index (χ4n) is 6.04. The van der Waals surface area contributed by atoms with E-state index >= 15 is 0 Å². The summed E-state index contributed by atoms with van der Waals surface area (Å²) in [4.78, 5) is 52.3. The molecule has 2 amide bonds. The molecule has 2 N–H and O–H groups in total. The van der Waals surface area contributed by atoms with Gasteiger partial charge in [-0.05, 0) is 64.0 Å². The number of aromatic nitrogens is 3. The number of Topliss-reactive ketones (excluding diaryl/α,β-unsaturated/α-hetero) is 1. The Morgan fingerprint density at radius 1 is 1.18 bits per heavy atom. The number of pyridine rings is 1. The number of likely N-dealkylation sites (tertiary alicyclic amines) is 1. The molecule has 11 nitrogen and oxygen atoms in total. The second-order valence-electron chi connectivity index (χ2n) is 13.1. The summed E-state index contributed by atoms with van der Waals surface area (Å²) < 4.78 is 17.1. The van der Waals surface area contributed by atoms with E-state index in [9.17, 15) is 14.4 Å². The zero-order chi connectivity index (χ0) is 32.2. The number of rotatable bonds is 12. The minimum atomic E-state index is -0.543. The van der Waals surface area contributed by atoms with Gasteiger partial charge in [-0.1, -0.05) is 25.1 Å². The number of carbonyl (C=O) groups is 3. The molecule has 2 aliphatic rings. The molecule has 2 fully saturated rings. The molecule has 0 radical (unpaired) electrons. The Hall–Kier alpha value is -3.99. The van der Waals surface area contributed by atoms with E-state index < -0.39 is 11.6 Å². The van der Waals surface area contributed by atoms with Crippen LogP contribution in [-0.4, -0.2) is 76.6 Å². The van der Waals surface area contributed by atoms with E-state index in [1.165, 1.54) is 0 Å². The van der Waals surface area contributed by atoms with E-state index in [0.717, 1.165) is 35.7 Å². The maximum absolute atomic E-state index is 13.6. The number of H-pyrrole nitrogens is 1. The summed E-state index contributed by atoms with van der Waals surface area (Å²) in [6, 6.07) is 9.30. The summed E-state index contributed by atoms with van der Waals surface area (Å²) in [5.74, 6) is 1.06. The zero-order valence-electron chi connectivity index (χ0n) is 27.0. The lowest BCUT2D eigenvalue weighted by Crippen LogP contribution is -2.43. The van der Waals surface area contributed by atoms with Gasteiger partial charge in [0.1, 0.15) is 23.3 Å². The van der Waals surface area contributed by atoms with Crippen molar-refractivity contribution in [1.29, 1.82) is 0 Å². The molecule has 2 aromatic heterocycles. The Morgan fingerprint density at radius 2 is 1.93 bits per heavy atom. The molecule has 1 saturated carbocycles. The van der Waals surface area contributed by atoms with E-state index in [1.54, 1.807) is 18.2 Å². The number of fused-ring (bicyclic) bond motifs is 1. The fraction of sp³-hybridized carbons (Fsp3) is 0.559. The van der Waals surface area contributed by atoms with Crippen LogP contribution in [0.15, 0.2) is 36.5 Å². The van der Waals surface area contributed by atoms with Crippen molar-refractivity contribution >= 4 is 28.7 Å². The zero-order valence-corrected chi connectivity index (χ0v) is 27.0. The number of para-hydroxylation sites is 1. The second-order valence-corrected chi connectivity index (χ2v) is 13.1. The molecule has 1 aliphatic carbocycles. The molecule has 0 bridgehead atoms. The number of nitrogens with one attached hydrogen (secondary N) is 2. The van der Waals surface area contributed by atoms with Gasteiger partial charge in [0, 0.05) is 43.8 Å². The molecule has 1 saturated heterocycles. The highest BCUT2D eigenvalue weighted by molar-refractivity contribution is 5.85. The molecule has 3 heterocycles. The molecule has 1 aliphatic heterocycles. The Morgan fingerprint density at radius 3 is 2.64 bits per heavy atom. The number of carbonyl (C=O) groups excluding carboxylic acids is 3. The van der Waals surface area contributed by atoms with Gasteiger partial charge >= 0.3 is 6.09 Å². The summed E-state index contributed by atoms with van der Waals surface area (Å²) in [6.07, 6.45) is 5.33. The molecule has 11 heteroatoms. The maximum atomic E-state index is 13.6. The van der Waals surface area contributed by atoms with E-state index in [2.05, 4.69) is 20.3 Å². The van der Waals surface area contributed by atoms with Crippen molar-refractivity contribution in [1.82, 2.24) is 25.2 Å². The number of aromatic amines is 1. The van der Waals surface area contributed by atoms with Crippen molar-refractivity contribution < 1.29 is 28.6 Å². The number of imidazole rings is 1. The summed E-state index contributed by atoms with van der Waals surface area (Å²) >= 11 is 0. The largest absolute Gasteiger partial charge is 0.480 e. The van der Waals surface area contributed by atoms with Crippen LogP contribution in [0.25, 0.3) is 22.2 Å². The molecule has 1 spiro atoms. The van der Waals surface area contributed by atoms with Crippen molar-refractivity contribution in [3.8, 4) is 17.1 Å².